The third-order valence-corrected chi connectivity index (χ3v) is 4.02. The van der Waals surface area contributed by atoms with Gasteiger partial charge in [-0.25, -0.2) is 14.5 Å². The summed E-state index contributed by atoms with van der Waals surface area (Å²) in [4.78, 5) is 46.6. The summed E-state index contributed by atoms with van der Waals surface area (Å²) < 4.78 is 9.87. The summed E-state index contributed by atoms with van der Waals surface area (Å²) in [6.45, 7) is -1.08. The monoisotopic (exact) mass is 446 g/mol. The first-order chi connectivity index (χ1) is 12.2. The van der Waals surface area contributed by atoms with Crippen LogP contribution in [0.15, 0.2) is 22.3 Å². The standard InChI is InChI=1S/C15H12BrClN2O7/c1-25-12(22)5-19-14(23)10(18-15(19)24)4-7-2-8(16)13(9(17)3-7)26-6-11(20)21/h2-4H,5-6H2,1H3,(H,18,24)(H,20,21)/b10-4+. The summed E-state index contributed by atoms with van der Waals surface area (Å²) in [6, 6.07) is 2.20. The second kappa shape index (κ2) is 8.19. The van der Waals surface area contributed by atoms with Crippen molar-refractivity contribution in [2.45, 2.75) is 0 Å². The van der Waals surface area contributed by atoms with Crippen LogP contribution < -0.4 is 10.1 Å². The Bertz CT molecular complexity index is 801. The highest BCUT2D eigenvalue weighted by Gasteiger charge is 2.35. The number of nitrogens with zero attached hydrogens (tertiary/aromatic N) is 1. The summed E-state index contributed by atoms with van der Waals surface area (Å²) in [6.07, 6.45) is 1.36. The lowest BCUT2D eigenvalue weighted by Gasteiger charge is -2.10. The van der Waals surface area contributed by atoms with E-state index >= 15 is 0 Å². The van der Waals surface area contributed by atoms with Crippen molar-refractivity contribution in [3.8, 4) is 5.75 Å². The van der Waals surface area contributed by atoms with Gasteiger partial charge >= 0.3 is 18.0 Å². The predicted molar refractivity (Wildman–Crippen MR) is 92.5 cm³/mol. The maximum absolute atomic E-state index is 12.2. The van der Waals surface area contributed by atoms with E-state index in [4.69, 9.17) is 21.4 Å². The van der Waals surface area contributed by atoms with Gasteiger partial charge in [-0.05, 0) is 39.7 Å². The number of nitrogens with one attached hydrogen (secondary N) is 1. The van der Waals surface area contributed by atoms with Crippen LogP contribution in [-0.4, -0.2) is 54.1 Å². The van der Waals surface area contributed by atoms with Crippen molar-refractivity contribution >= 4 is 57.5 Å². The van der Waals surface area contributed by atoms with Crippen molar-refractivity contribution in [1.82, 2.24) is 10.2 Å². The molecule has 2 rings (SSSR count). The molecule has 0 aliphatic carbocycles. The molecular formula is C15H12BrClN2O7. The molecule has 138 valence electrons. The molecule has 26 heavy (non-hydrogen) atoms. The maximum atomic E-state index is 12.2. The van der Waals surface area contributed by atoms with Gasteiger partial charge in [0.05, 0.1) is 16.6 Å². The number of amides is 3. The molecule has 0 bridgehead atoms. The molecule has 2 N–H and O–H groups in total. The van der Waals surface area contributed by atoms with E-state index in [9.17, 15) is 19.2 Å². The Morgan fingerprint density at radius 2 is 2.08 bits per heavy atom. The summed E-state index contributed by atoms with van der Waals surface area (Å²) in [5.41, 5.74) is 0.384. The lowest BCUT2D eigenvalue weighted by Crippen LogP contribution is -2.36. The number of esters is 1. The normalized spacial score (nSPS) is 15.2. The average molecular weight is 448 g/mol. The molecule has 1 aliphatic heterocycles. The fourth-order valence-electron chi connectivity index (χ4n) is 2.01. The smallest absolute Gasteiger partial charge is 0.341 e. The number of carbonyl (C=O) groups excluding carboxylic acids is 3. The van der Waals surface area contributed by atoms with Gasteiger partial charge in [-0.15, -0.1) is 0 Å². The largest absolute Gasteiger partial charge is 0.479 e. The molecule has 1 aromatic rings. The highest BCUT2D eigenvalue weighted by molar-refractivity contribution is 9.10. The SMILES string of the molecule is COC(=O)CN1C(=O)N/C(=C/c2cc(Cl)c(OCC(=O)O)c(Br)c2)C1=O. The number of carbonyl (C=O) groups is 4. The number of carboxylic acids is 1. The number of aliphatic carboxylic acids is 1. The Morgan fingerprint density at radius 1 is 1.38 bits per heavy atom. The Morgan fingerprint density at radius 3 is 2.65 bits per heavy atom. The summed E-state index contributed by atoms with van der Waals surface area (Å²) in [5, 5.41) is 11.1. The number of urea groups is 1. The molecule has 1 fully saturated rings. The molecule has 0 atom stereocenters. The van der Waals surface area contributed by atoms with Gasteiger partial charge < -0.3 is 19.9 Å². The van der Waals surface area contributed by atoms with Crippen molar-refractivity contribution in [2.24, 2.45) is 0 Å². The third kappa shape index (κ3) is 4.52. The van der Waals surface area contributed by atoms with Crippen LogP contribution in [0.25, 0.3) is 6.08 Å². The van der Waals surface area contributed by atoms with Crippen LogP contribution in [0.3, 0.4) is 0 Å². The number of hydrogen-bond donors (Lipinski definition) is 2. The molecule has 0 spiro atoms. The van der Waals surface area contributed by atoms with E-state index in [1.165, 1.54) is 18.2 Å². The first-order valence-electron chi connectivity index (χ1n) is 6.98. The van der Waals surface area contributed by atoms with E-state index in [-0.39, 0.29) is 16.5 Å². The molecule has 1 heterocycles. The van der Waals surface area contributed by atoms with E-state index < -0.39 is 37.0 Å². The molecular weight excluding hydrogens is 436 g/mol. The second-order valence-electron chi connectivity index (χ2n) is 4.95. The van der Waals surface area contributed by atoms with Gasteiger partial charge in [0.15, 0.2) is 12.4 Å². The molecule has 1 aromatic carbocycles. The van der Waals surface area contributed by atoms with Gasteiger partial charge in [-0.2, -0.15) is 0 Å². The lowest BCUT2D eigenvalue weighted by atomic mass is 10.2. The number of benzene rings is 1. The van der Waals surface area contributed by atoms with E-state index in [2.05, 4.69) is 26.0 Å². The number of halogens is 2. The van der Waals surface area contributed by atoms with Gasteiger partial charge in [-0.1, -0.05) is 11.6 Å². The second-order valence-corrected chi connectivity index (χ2v) is 6.21. The third-order valence-electron chi connectivity index (χ3n) is 3.15. The number of methoxy groups -OCH3 is 1. The molecule has 1 saturated heterocycles. The van der Waals surface area contributed by atoms with E-state index in [0.29, 0.717) is 14.9 Å². The van der Waals surface area contributed by atoms with Crippen LogP contribution in [-0.2, 0) is 19.1 Å². The van der Waals surface area contributed by atoms with E-state index in [1.807, 2.05) is 0 Å². The van der Waals surface area contributed by atoms with Gasteiger partial charge in [0, 0.05) is 0 Å². The fourth-order valence-corrected chi connectivity index (χ4v) is 3.00. The first kappa shape index (κ1) is 19.7. The summed E-state index contributed by atoms with van der Waals surface area (Å²) >= 11 is 9.27. The minimum Gasteiger partial charge on any atom is -0.479 e. The van der Waals surface area contributed by atoms with Crippen molar-refractivity contribution < 1.29 is 33.8 Å². The quantitative estimate of drug-likeness (QED) is 0.386. The van der Waals surface area contributed by atoms with Crippen LogP contribution in [0.2, 0.25) is 5.02 Å². The van der Waals surface area contributed by atoms with Gasteiger partial charge in [0.2, 0.25) is 0 Å². The van der Waals surface area contributed by atoms with Crippen LogP contribution in [0.1, 0.15) is 5.56 Å². The summed E-state index contributed by atoms with van der Waals surface area (Å²) in [7, 11) is 1.14. The zero-order valence-electron chi connectivity index (χ0n) is 13.2. The number of hydrogen-bond acceptors (Lipinski definition) is 6. The Hall–Kier alpha value is -2.59. The molecule has 0 saturated carbocycles. The molecule has 0 radical (unpaired) electrons. The van der Waals surface area contributed by atoms with Crippen molar-refractivity contribution in [3.05, 3.63) is 32.9 Å². The number of imide groups is 1. The predicted octanol–water partition coefficient (Wildman–Crippen LogP) is 1.63. The average Bonchev–Trinajstić information content (AvgIpc) is 2.81. The van der Waals surface area contributed by atoms with E-state index in [1.54, 1.807) is 0 Å². The van der Waals surface area contributed by atoms with E-state index in [0.717, 1.165) is 7.11 Å². The number of rotatable bonds is 6. The van der Waals surface area contributed by atoms with Gasteiger partial charge in [0.25, 0.3) is 5.91 Å². The molecule has 0 aromatic heterocycles. The van der Waals surface area contributed by atoms with Crippen LogP contribution in [0.4, 0.5) is 4.79 Å². The molecule has 3 amide bonds. The lowest BCUT2D eigenvalue weighted by molar-refractivity contribution is -0.143. The fraction of sp³-hybridized carbons (Fsp3) is 0.200. The Kier molecular flexibility index (Phi) is 6.22. The number of carboxylic acid groups (broad SMARTS) is 1. The van der Waals surface area contributed by atoms with Crippen molar-refractivity contribution in [2.75, 3.05) is 20.3 Å². The highest BCUT2D eigenvalue weighted by Crippen LogP contribution is 2.35. The zero-order chi connectivity index (χ0) is 19.4. The van der Waals surface area contributed by atoms with Gasteiger partial charge in [-0.3, -0.25) is 9.59 Å². The topological polar surface area (TPSA) is 122 Å². The Balaban J connectivity index is 2.24. The van der Waals surface area contributed by atoms with Crippen LogP contribution in [0.5, 0.6) is 5.75 Å². The van der Waals surface area contributed by atoms with Gasteiger partial charge in [0.1, 0.15) is 12.2 Å². The summed E-state index contributed by atoms with van der Waals surface area (Å²) in [5.74, 6) is -2.46. The first-order valence-corrected chi connectivity index (χ1v) is 8.15. The Labute approximate surface area is 160 Å². The minimum absolute atomic E-state index is 0.0546. The molecule has 0 unspecified atom stereocenters. The minimum atomic E-state index is -1.16. The van der Waals surface area contributed by atoms with Crippen LogP contribution >= 0.6 is 27.5 Å². The highest BCUT2D eigenvalue weighted by atomic mass is 79.9. The maximum Gasteiger partial charge on any atom is 0.341 e. The molecule has 9 nitrogen and oxygen atoms in total. The molecule has 11 heteroatoms. The zero-order valence-corrected chi connectivity index (χ0v) is 15.6. The van der Waals surface area contributed by atoms with Crippen molar-refractivity contribution in [3.63, 3.8) is 0 Å². The van der Waals surface area contributed by atoms with Crippen LogP contribution in [0, 0.1) is 0 Å². The number of ether oxygens (including phenoxy) is 2. The molecule has 1 aliphatic rings. The van der Waals surface area contributed by atoms with Crippen molar-refractivity contribution in [1.29, 1.82) is 0 Å².